The molecule has 0 heterocycles. The summed E-state index contributed by atoms with van der Waals surface area (Å²) in [5.41, 5.74) is 1.43. The van der Waals surface area contributed by atoms with E-state index in [1.165, 1.54) is 13.0 Å². The SMILES string of the molecule is CC(=O)/C=C(C)\C=C(/C)C#N. The topological polar surface area (TPSA) is 40.9 Å². The number of carbonyl (C=O) groups excluding carboxylic acids is 1. The first-order chi connectivity index (χ1) is 5.06. The number of hydrogen-bond donors (Lipinski definition) is 0. The van der Waals surface area contributed by atoms with Crippen LogP contribution in [0, 0.1) is 11.3 Å². The van der Waals surface area contributed by atoms with Crippen LogP contribution in [0.1, 0.15) is 20.8 Å². The van der Waals surface area contributed by atoms with Gasteiger partial charge in [0.15, 0.2) is 5.78 Å². The Morgan fingerprint density at radius 2 is 1.82 bits per heavy atom. The smallest absolute Gasteiger partial charge is 0.152 e. The third kappa shape index (κ3) is 5.10. The van der Waals surface area contributed by atoms with E-state index in [0.717, 1.165) is 5.57 Å². The highest BCUT2D eigenvalue weighted by molar-refractivity contribution is 5.88. The molecule has 0 aliphatic heterocycles. The minimum atomic E-state index is 0.00416. The number of nitrogens with zero attached hydrogens (tertiary/aromatic N) is 1. The molecule has 0 unspecified atom stereocenters. The molecule has 0 spiro atoms. The van der Waals surface area contributed by atoms with Crippen molar-refractivity contribution in [2.75, 3.05) is 0 Å². The molecule has 0 N–H and O–H groups in total. The van der Waals surface area contributed by atoms with Gasteiger partial charge in [0.25, 0.3) is 0 Å². The molecular weight excluding hydrogens is 138 g/mol. The average Bonchev–Trinajstić information content (AvgIpc) is 1.85. The second-order valence-electron chi connectivity index (χ2n) is 2.44. The number of allylic oxidation sites excluding steroid dienone is 4. The third-order valence-corrected chi connectivity index (χ3v) is 1.05. The van der Waals surface area contributed by atoms with Crippen LogP contribution in [-0.2, 0) is 4.79 Å². The highest BCUT2D eigenvalue weighted by Crippen LogP contribution is 1.99. The van der Waals surface area contributed by atoms with Gasteiger partial charge in [-0.1, -0.05) is 0 Å². The van der Waals surface area contributed by atoms with E-state index in [-0.39, 0.29) is 5.78 Å². The van der Waals surface area contributed by atoms with Gasteiger partial charge in [-0.2, -0.15) is 5.26 Å². The summed E-state index contributed by atoms with van der Waals surface area (Å²) in [7, 11) is 0. The summed E-state index contributed by atoms with van der Waals surface area (Å²) in [5, 5.41) is 8.39. The molecule has 11 heavy (non-hydrogen) atoms. The Morgan fingerprint density at radius 1 is 1.27 bits per heavy atom. The monoisotopic (exact) mass is 149 g/mol. The number of rotatable bonds is 2. The highest BCUT2D eigenvalue weighted by Gasteiger charge is 1.88. The van der Waals surface area contributed by atoms with Gasteiger partial charge in [0.1, 0.15) is 0 Å². The zero-order valence-corrected chi connectivity index (χ0v) is 7.01. The predicted octanol–water partition coefficient (Wildman–Crippen LogP) is 1.99. The van der Waals surface area contributed by atoms with Crippen molar-refractivity contribution in [1.82, 2.24) is 0 Å². The Labute approximate surface area is 66.8 Å². The maximum atomic E-state index is 10.5. The fourth-order valence-corrected chi connectivity index (χ4v) is 0.736. The summed E-state index contributed by atoms with van der Waals surface area (Å²) in [6, 6.07) is 1.98. The molecule has 0 saturated heterocycles. The molecule has 0 amide bonds. The molecule has 0 bridgehead atoms. The van der Waals surface area contributed by atoms with E-state index in [4.69, 9.17) is 5.26 Å². The molecule has 0 aliphatic carbocycles. The van der Waals surface area contributed by atoms with Gasteiger partial charge in [0.2, 0.25) is 0 Å². The molecule has 0 rings (SSSR count). The molecule has 2 heteroatoms. The van der Waals surface area contributed by atoms with E-state index in [9.17, 15) is 4.79 Å². The van der Waals surface area contributed by atoms with Crippen LogP contribution in [0.4, 0.5) is 0 Å². The molecule has 0 saturated carbocycles. The summed E-state index contributed by atoms with van der Waals surface area (Å²) in [5.74, 6) is 0.00416. The van der Waals surface area contributed by atoms with Crippen LogP contribution in [-0.4, -0.2) is 5.78 Å². The number of carbonyl (C=O) groups is 1. The number of ketones is 1. The Morgan fingerprint density at radius 3 is 2.18 bits per heavy atom. The van der Waals surface area contributed by atoms with Gasteiger partial charge < -0.3 is 0 Å². The summed E-state index contributed by atoms with van der Waals surface area (Å²) in [6.45, 7) is 4.98. The summed E-state index contributed by atoms with van der Waals surface area (Å²) in [6.07, 6.45) is 3.18. The molecule has 0 radical (unpaired) electrons. The predicted molar refractivity (Wildman–Crippen MR) is 43.8 cm³/mol. The van der Waals surface area contributed by atoms with E-state index in [1.807, 2.05) is 6.07 Å². The van der Waals surface area contributed by atoms with Gasteiger partial charge in [-0.3, -0.25) is 4.79 Å². The largest absolute Gasteiger partial charge is 0.295 e. The van der Waals surface area contributed by atoms with Crippen molar-refractivity contribution >= 4 is 5.78 Å². The van der Waals surface area contributed by atoms with E-state index in [0.29, 0.717) is 5.57 Å². The Bertz CT molecular complexity index is 253. The van der Waals surface area contributed by atoms with Crippen molar-refractivity contribution in [3.05, 3.63) is 23.3 Å². The summed E-state index contributed by atoms with van der Waals surface area (Å²) < 4.78 is 0. The van der Waals surface area contributed by atoms with Gasteiger partial charge >= 0.3 is 0 Å². The zero-order valence-electron chi connectivity index (χ0n) is 7.01. The first kappa shape index (κ1) is 9.64. The Hall–Kier alpha value is -1.36. The van der Waals surface area contributed by atoms with Crippen molar-refractivity contribution in [3.8, 4) is 6.07 Å². The molecular formula is C9H11NO. The standard InChI is InChI=1S/C9H11NO/c1-7(5-9(3)11)4-8(2)6-10/h4-5H,1-3H3/b7-5-,8-4+. The fraction of sp³-hybridized carbons (Fsp3) is 0.333. The number of hydrogen-bond acceptors (Lipinski definition) is 2. The van der Waals surface area contributed by atoms with Gasteiger partial charge in [-0.25, -0.2) is 0 Å². The van der Waals surface area contributed by atoms with Crippen LogP contribution >= 0.6 is 0 Å². The second kappa shape index (κ2) is 4.45. The van der Waals surface area contributed by atoms with E-state index in [1.54, 1.807) is 19.9 Å². The molecule has 0 aromatic carbocycles. The van der Waals surface area contributed by atoms with Crippen LogP contribution in [0.5, 0.6) is 0 Å². The molecule has 0 aliphatic rings. The maximum absolute atomic E-state index is 10.5. The first-order valence-corrected chi connectivity index (χ1v) is 3.33. The van der Waals surface area contributed by atoms with Gasteiger partial charge in [-0.15, -0.1) is 0 Å². The van der Waals surface area contributed by atoms with Crippen molar-refractivity contribution in [3.63, 3.8) is 0 Å². The lowest BCUT2D eigenvalue weighted by Crippen LogP contribution is -1.83. The molecule has 0 aromatic rings. The lowest BCUT2D eigenvalue weighted by Gasteiger charge is -1.89. The minimum Gasteiger partial charge on any atom is -0.295 e. The highest BCUT2D eigenvalue weighted by atomic mass is 16.1. The molecule has 0 aromatic heterocycles. The van der Waals surface area contributed by atoms with Crippen LogP contribution in [0.3, 0.4) is 0 Å². The molecule has 58 valence electrons. The first-order valence-electron chi connectivity index (χ1n) is 3.33. The summed E-state index contributed by atoms with van der Waals surface area (Å²) in [4.78, 5) is 10.5. The van der Waals surface area contributed by atoms with Crippen molar-refractivity contribution in [2.24, 2.45) is 0 Å². The van der Waals surface area contributed by atoms with Crippen LogP contribution in [0.15, 0.2) is 23.3 Å². The van der Waals surface area contributed by atoms with Crippen molar-refractivity contribution in [2.45, 2.75) is 20.8 Å². The Kier molecular flexibility index (Phi) is 3.90. The maximum Gasteiger partial charge on any atom is 0.152 e. The second-order valence-corrected chi connectivity index (χ2v) is 2.44. The van der Waals surface area contributed by atoms with Crippen molar-refractivity contribution in [1.29, 1.82) is 5.26 Å². The average molecular weight is 149 g/mol. The zero-order chi connectivity index (χ0) is 8.85. The van der Waals surface area contributed by atoms with Gasteiger partial charge in [-0.05, 0) is 38.5 Å². The molecule has 0 fully saturated rings. The van der Waals surface area contributed by atoms with Gasteiger partial charge in [0, 0.05) is 5.57 Å². The third-order valence-electron chi connectivity index (χ3n) is 1.05. The normalized spacial score (nSPS) is 12.5. The fourth-order valence-electron chi connectivity index (χ4n) is 0.736. The van der Waals surface area contributed by atoms with Crippen LogP contribution < -0.4 is 0 Å². The molecule has 2 nitrogen and oxygen atoms in total. The minimum absolute atomic E-state index is 0.00416. The quantitative estimate of drug-likeness (QED) is 0.342. The van der Waals surface area contributed by atoms with Crippen LogP contribution in [0.2, 0.25) is 0 Å². The van der Waals surface area contributed by atoms with Crippen LogP contribution in [0.25, 0.3) is 0 Å². The van der Waals surface area contributed by atoms with Gasteiger partial charge in [0.05, 0.1) is 6.07 Å². The lowest BCUT2D eigenvalue weighted by molar-refractivity contribution is -0.112. The van der Waals surface area contributed by atoms with E-state index in [2.05, 4.69) is 0 Å². The number of nitriles is 1. The van der Waals surface area contributed by atoms with Crippen molar-refractivity contribution < 1.29 is 4.79 Å². The van der Waals surface area contributed by atoms with E-state index < -0.39 is 0 Å². The Balaban J connectivity index is 4.42. The summed E-state index contributed by atoms with van der Waals surface area (Å²) >= 11 is 0. The molecule has 0 atom stereocenters. The van der Waals surface area contributed by atoms with E-state index >= 15 is 0 Å². The lowest BCUT2D eigenvalue weighted by atomic mass is 10.2.